The number of hydrogen-bond acceptors (Lipinski definition) is 3. The zero-order valence-corrected chi connectivity index (χ0v) is 14.6. The van der Waals surface area contributed by atoms with Crippen LogP contribution in [0.4, 0.5) is 17.6 Å². The molecule has 0 radical (unpaired) electrons. The minimum absolute atomic E-state index is 0.185. The number of nitrogens with one attached hydrogen (secondary N) is 1. The fourth-order valence-corrected chi connectivity index (χ4v) is 4.06. The first kappa shape index (κ1) is 17.7. The SMILES string of the molecule is Fc1cc(F)c(F)c(C2Cc3c(CN4CCOCC4)[nH]c(=S)n3C2)c1F. The van der Waals surface area contributed by atoms with E-state index in [1.54, 1.807) is 4.57 Å². The Morgan fingerprint density at radius 2 is 1.77 bits per heavy atom. The van der Waals surface area contributed by atoms with E-state index in [2.05, 4.69) is 9.88 Å². The quantitative estimate of drug-likeness (QED) is 0.499. The molecule has 1 aromatic carbocycles. The molecule has 0 aliphatic carbocycles. The van der Waals surface area contributed by atoms with Crippen molar-refractivity contribution in [1.29, 1.82) is 0 Å². The molecule has 26 heavy (non-hydrogen) atoms. The maximum absolute atomic E-state index is 14.2. The first-order chi connectivity index (χ1) is 12.5. The summed E-state index contributed by atoms with van der Waals surface area (Å²) in [5.41, 5.74) is 1.16. The van der Waals surface area contributed by atoms with Gasteiger partial charge in [0.25, 0.3) is 0 Å². The summed E-state index contributed by atoms with van der Waals surface area (Å²) >= 11 is 5.32. The molecule has 1 aromatic heterocycles. The average Bonchev–Trinajstić information content (AvgIpc) is 3.16. The maximum Gasteiger partial charge on any atom is 0.177 e. The molecular formula is C17H17F4N3OS. The number of hydrogen-bond donors (Lipinski definition) is 1. The van der Waals surface area contributed by atoms with Crippen LogP contribution in [0.5, 0.6) is 0 Å². The van der Waals surface area contributed by atoms with Crippen LogP contribution in [0.15, 0.2) is 6.07 Å². The maximum atomic E-state index is 14.2. The summed E-state index contributed by atoms with van der Waals surface area (Å²) in [4.78, 5) is 5.34. The van der Waals surface area contributed by atoms with E-state index >= 15 is 0 Å². The first-order valence-corrected chi connectivity index (χ1v) is 8.80. The highest BCUT2D eigenvalue weighted by Gasteiger charge is 2.33. The van der Waals surface area contributed by atoms with Gasteiger partial charge in [-0.3, -0.25) is 4.90 Å². The van der Waals surface area contributed by atoms with Crippen LogP contribution in [0.3, 0.4) is 0 Å². The molecule has 0 saturated carbocycles. The van der Waals surface area contributed by atoms with Gasteiger partial charge in [-0.2, -0.15) is 0 Å². The van der Waals surface area contributed by atoms with E-state index in [0.29, 0.717) is 24.5 Å². The second-order valence-electron chi connectivity index (χ2n) is 6.64. The van der Waals surface area contributed by atoms with E-state index in [0.717, 1.165) is 24.5 Å². The average molecular weight is 387 g/mol. The summed E-state index contributed by atoms with van der Waals surface area (Å²) in [6, 6.07) is 0.236. The van der Waals surface area contributed by atoms with E-state index in [9.17, 15) is 17.6 Å². The Bertz CT molecular complexity index is 878. The number of halogens is 4. The Kier molecular flexibility index (Phi) is 4.62. The molecular weight excluding hydrogens is 370 g/mol. The monoisotopic (exact) mass is 387 g/mol. The Balaban J connectivity index is 1.64. The van der Waals surface area contributed by atoms with Crippen molar-refractivity contribution in [3.63, 3.8) is 0 Å². The van der Waals surface area contributed by atoms with Crippen molar-refractivity contribution in [2.24, 2.45) is 0 Å². The van der Waals surface area contributed by atoms with Crippen molar-refractivity contribution >= 4 is 12.2 Å². The van der Waals surface area contributed by atoms with Crippen molar-refractivity contribution in [2.45, 2.75) is 25.4 Å². The third-order valence-corrected chi connectivity index (χ3v) is 5.38. The van der Waals surface area contributed by atoms with E-state index in [1.165, 1.54) is 0 Å². The van der Waals surface area contributed by atoms with Gasteiger partial charge in [0.1, 0.15) is 0 Å². The number of morpholine rings is 1. The molecule has 2 aliphatic rings. The number of fused-ring (bicyclic) bond motifs is 1. The van der Waals surface area contributed by atoms with Crippen molar-refractivity contribution in [2.75, 3.05) is 26.3 Å². The number of ether oxygens (including phenoxy) is 1. The largest absolute Gasteiger partial charge is 0.379 e. The van der Waals surface area contributed by atoms with Crippen LogP contribution in [0, 0.1) is 28.0 Å². The normalized spacial score (nSPS) is 20.5. The van der Waals surface area contributed by atoms with Gasteiger partial charge in [-0.25, -0.2) is 17.6 Å². The van der Waals surface area contributed by atoms with E-state index < -0.39 is 34.8 Å². The van der Waals surface area contributed by atoms with Crippen LogP contribution >= 0.6 is 12.2 Å². The highest BCUT2D eigenvalue weighted by atomic mass is 32.1. The number of nitrogens with zero attached hydrogens (tertiary/aromatic N) is 2. The molecule has 3 heterocycles. The molecule has 9 heteroatoms. The summed E-state index contributed by atoms with van der Waals surface area (Å²) in [6.45, 7) is 3.67. The number of aromatic nitrogens is 2. The molecule has 0 spiro atoms. The molecule has 1 unspecified atom stereocenters. The topological polar surface area (TPSA) is 33.2 Å². The summed E-state index contributed by atoms with van der Waals surface area (Å²) in [5, 5.41) is 0. The Labute approximate surface area is 152 Å². The highest BCUT2D eigenvalue weighted by molar-refractivity contribution is 7.71. The predicted molar refractivity (Wildman–Crippen MR) is 88.4 cm³/mol. The first-order valence-electron chi connectivity index (χ1n) is 8.39. The van der Waals surface area contributed by atoms with Gasteiger partial charge in [0.05, 0.1) is 18.9 Å². The Morgan fingerprint density at radius 3 is 2.42 bits per heavy atom. The van der Waals surface area contributed by atoms with Crippen molar-refractivity contribution in [3.05, 3.63) is 51.1 Å². The second kappa shape index (κ2) is 6.79. The number of benzene rings is 1. The van der Waals surface area contributed by atoms with Crippen LogP contribution in [-0.2, 0) is 24.2 Å². The molecule has 1 saturated heterocycles. The molecule has 1 fully saturated rings. The van der Waals surface area contributed by atoms with Crippen molar-refractivity contribution < 1.29 is 22.3 Å². The minimum Gasteiger partial charge on any atom is -0.379 e. The number of H-pyrrole nitrogens is 1. The van der Waals surface area contributed by atoms with Crippen LogP contribution < -0.4 is 0 Å². The van der Waals surface area contributed by atoms with E-state index in [-0.39, 0.29) is 19.0 Å². The summed E-state index contributed by atoms with van der Waals surface area (Å²) < 4.78 is 63.0. The lowest BCUT2D eigenvalue weighted by molar-refractivity contribution is 0.0336. The lowest BCUT2D eigenvalue weighted by Gasteiger charge is -2.26. The van der Waals surface area contributed by atoms with E-state index in [4.69, 9.17) is 17.0 Å². The standard InChI is InChI=1S/C17H17F4N3OS/c18-10-6-11(19)16(21)14(15(10)20)9-5-13-12(22-17(26)24(13)7-9)8-23-1-3-25-4-2-23/h6,9H,1-5,7-8H2,(H,22,26). The molecule has 2 aromatic rings. The van der Waals surface area contributed by atoms with Crippen LogP contribution in [0.2, 0.25) is 0 Å². The third kappa shape index (κ3) is 2.97. The lowest BCUT2D eigenvalue weighted by Crippen LogP contribution is -2.36. The van der Waals surface area contributed by atoms with Crippen molar-refractivity contribution in [3.8, 4) is 0 Å². The van der Waals surface area contributed by atoms with Crippen LogP contribution in [0.25, 0.3) is 0 Å². The second-order valence-corrected chi connectivity index (χ2v) is 7.02. The van der Waals surface area contributed by atoms with Gasteiger partial charge in [-0.1, -0.05) is 0 Å². The Morgan fingerprint density at radius 1 is 1.12 bits per heavy atom. The third-order valence-electron chi connectivity index (χ3n) is 5.06. The van der Waals surface area contributed by atoms with Crippen molar-refractivity contribution in [1.82, 2.24) is 14.5 Å². The van der Waals surface area contributed by atoms with Gasteiger partial charge < -0.3 is 14.3 Å². The molecule has 1 atom stereocenters. The Hall–Kier alpha value is -1.71. The molecule has 2 aliphatic heterocycles. The minimum atomic E-state index is -1.38. The zero-order chi connectivity index (χ0) is 18.4. The predicted octanol–water partition coefficient (Wildman–Crippen LogP) is 3.27. The van der Waals surface area contributed by atoms with Gasteiger partial charge in [-0.15, -0.1) is 0 Å². The molecule has 140 valence electrons. The van der Waals surface area contributed by atoms with Crippen LogP contribution in [0.1, 0.15) is 22.9 Å². The zero-order valence-electron chi connectivity index (χ0n) is 13.8. The van der Waals surface area contributed by atoms with E-state index in [1.807, 2.05) is 0 Å². The lowest BCUT2D eigenvalue weighted by atomic mass is 9.95. The van der Waals surface area contributed by atoms with Gasteiger partial charge in [0.15, 0.2) is 28.0 Å². The van der Waals surface area contributed by atoms with Crippen LogP contribution in [-0.4, -0.2) is 40.8 Å². The molecule has 4 rings (SSSR count). The van der Waals surface area contributed by atoms with Gasteiger partial charge >= 0.3 is 0 Å². The molecule has 0 amide bonds. The summed E-state index contributed by atoms with van der Waals surface area (Å²) in [7, 11) is 0. The molecule has 1 N–H and O–H groups in total. The van der Waals surface area contributed by atoms with Gasteiger partial charge in [0, 0.05) is 49.4 Å². The summed E-state index contributed by atoms with van der Waals surface area (Å²) in [5.74, 6) is -6.12. The number of aromatic amines is 1. The highest BCUT2D eigenvalue weighted by Crippen LogP contribution is 2.36. The van der Waals surface area contributed by atoms with Gasteiger partial charge in [0.2, 0.25) is 0 Å². The smallest absolute Gasteiger partial charge is 0.177 e. The number of rotatable bonds is 3. The molecule has 0 bridgehead atoms. The van der Waals surface area contributed by atoms with Gasteiger partial charge in [-0.05, 0) is 18.6 Å². The molecule has 4 nitrogen and oxygen atoms in total. The number of imidazole rings is 1. The fourth-order valence-electron chi connectivity index (χ4n) is 3.76. The fraction of sp³-hybridized carbons (Fsp3) is 0.471. The summed E-state index contributed by atoms with van der Waals surface area (Å²) in [6.07, 6.45) is 0.267.